The average molecular weight is 248 g/mol. The standard InChI is InChI=1S/C15H24N2O/c1-15(2)8-10-16-9-5-11-17(15)13-6-4-7-14(12-13)18-3/h4,6-7,12,16H,5,8-11H2,1-3H3. The molecule has 18 heavy (non-hydrogen) atoms. The minimum absolute atomic E-state index is 0.180. The molecule has 0 amide bonds. The highest BCUT2D eigenvalue weighted by atomic mass is 16.5. The lowest BCUT2D eigenvalue weighted by molar-refractivity contribution is 0.385. The second kappa shape index (κ2) is 5.61. The van der Waals surface area contributed by atoms with Crippen LogP contribution in [0.2, 0.25) is 0 Å². The molecule has 0 saturated carbocycles. The molecule has 3 heteroatoms. The van der Waals surface area contributed by atoms with Crippen LogP contribution in [0.15, 0.2) is 24.3 Å². The lowest BCUT2D eigenvalue weighted by Gasteiger charge is -2.42. The summed E-state index contributed by atoms with van der Waals surface area (Å²) in [5.74, 6) is 0.934. The first-order valence-electron chi connectivity index (χ1n) is 6.76. The van der Waals surface area contributed by atoms with E-state index < -0.39 is 0 Å². The van der Waals surface area contributed by atoms with E-state index in [9.17, 15) is 0 Å². The Labute approximate surface area is 110 Å². The van der Waals surface area contributed by atoms with E-state index in [-0.39, 0.29) is 5.54 Å². The normalized spacial score (nSPS) is 20.1. The van der Waals surface area contributed by atoms with Crippen LogP contribution >= 0.6 is 0 Å². The Morgan fingerprint density at radius 2 is 2.11 bits per heavy atom. The van der Waals surface area contributed by atoms with Crippen molar-refractivity contribution in [3.8, 4) is 5.75 Å². The zero-order valence-electron chi connectivity index (χ0n) is 11.7. The van der Waals surface area contributed by atoms with Crippen LogP contribution in [0, 0.1) is 0 Å². The Morgan fingerprint density at radius 1 is 1.28 bits per heavy atom. The molecule has 1 aromatic rings. The fraction of sp³-hybridized carbons (Fsp3) is 0.600. The van der Waals surface area contributed by atoms with Crippen molar-refractivity contribution < 1.29 is 4.74 Å². The molecule has 1 saturated heterocycles. The molecular formula is C15H24N2O. The maximum Gasteiger partial charge on any atom is 0.120 e. The first kappa shape index (κ1) is 13.2. The Hall–Kier alpha value is -1.22. The van der Waals surface area contributed by atoms with Crippen LogP contribution in [0.4, 0.5) is 5.69 Å². The molecule has 1 aliphatic rings. The number of nitrogens with zero attached hydrogens (tertiary/aromatic N) is 1. The van der Waals surface area contributed by atoms with Crippen molar-refractivity contribution in [1.82, 2.24) is 5.32 Å². The Morgan fingerprint density at radius 3 is 2.89 bits per heavy atom. The predicted molar refractivity (Wildman–Crippen MR) is 76.5 cm³/mol. The highest BCUT2D eigenvalue weighted by Crippen LogP contribution is 2.29. The second-order valence-corrected chi connectivity index (χ2v) is 5.52. The molecule has 3 nitrogen and oxygen atoms in total. The molecule has 0 aliphatic carbocycles. The van der Waals surface area contributed by atoms with Gasteiger partial charge in [-0.1, -0.05) is 6.07 Å². The van der Waals surface area contributed by atoms with E-state index in [1.54, 1.807) is 7.11 Å². The van der Waals surface area contributed by atoms with Crippen molar-refractivity contribution >= 4 is 5.69 Å². The fourth-order valence-electron chi connectivity index (χ4n) is 2.58. The molecule has 0 unspecified atom stereocenters. The van der Waals surface area contributed by atoms with Gasteiger partial charge in [0.1, 0.15) is 5.75 Å². The van der Waals surface area contributed by atoms with Gasteiger partial charge in [-0.2, -0.15) is 0 Å². The maximum absolute atomic E-state index is 5.33. The highest BCUT2D eigenvalue weighted by Gasteiger charge is 2.27. The zero-order chi connectivity index (χ0) is 13.0. The van der Waals surface area contributed by atoms with E-state index in [0.29, 0.717) is 0 Å². The number of nitrogens with one attached hydrogen (secondary N) is 1. The van der Waals surface area contributed by atoms with Crippen LogP contribution in [-0.4, -0.2) is 32.3 Å². The molecule has 1 aliphatic heterocycles. The van der Waals surface area contributed by atoms with E-state index in [0.717, 1.165) is 31.8 Å². The van der Waals surface area contributed by atoms with Gasteiger partial charge >= 0.3 is 0 Å². The summed E-state index contributed by atoms with van der Waals surface area (Å²) < 4.78 is 5.33. The van der Waals surface area contributed by atoms with E-state index in [1.807, 2.05) is 6.07 Å². The summed E-state index contributed by atoms with van der Waals surface area (Å²) in [5.41, 5.74) is 1.45. The van der Waals surface area contributed by atoms with Gasteiger partial charge in [0, 0.05) is 23.8 Å². The predicted octanol–water partition coefficient (Wildman–Crippen LogP) is 2.66. The van der Waals surface area contributed by atoms with E-state index in [2.05, 4.69) is 42.3 Å². The Kier molecular flexibility index (Phi) is 4.12. The van der Waals surface area contributed by atoms with Gasteiger partial charge in [-0.15, -0.1) is 0 Å². The number of anilines is 1. The van der Waals surface area contributed by atoms with Crippen molar-refractivity contribution in [2.24, 2.45) is 0 Å². The van der Waals surface area contributed by atoms with E-state index in [1.165, 1.54) is 12.1 Å². The minimum Gasteiger partial charge on any atom is -0.497 e. The smallest absolute Gasteiger partial charge is 0.120 e. The van der Waals surface area contributed by atoms with Crippen LogP contribution in [0.3, 0.4) is 0 Å². The van der Waals surface area contributed by atoms with Crippen LogP contribution in [-0.2, 0) is 0 Å². The second-order valence-electron chi connectivity index (χ2n) is 5.52. The number of rotatable bonds is 2. The lowest BCUT2D eigenvalue weighted by atomic mass is 9.95. The molecule has 0 bridgehead atoms. The van der Waals surface area contributed by atoms with Crippen molar-refractivity contribution in [2.45, 2.75) is 32.2 Å². The molecule has 100 valence electrons. The highest BCUT2D eigenvalue weighted by molar-refractivity contribution is 5.52. The molecule has 1 fully saturated rings. The van der Waals surface area contributed by atoms with Gasteiger partial charge in [0.25, 0.3) is 0 Å². The average Bonchev–Trinajstić information content (AvgIpc) is 2.35. The fourth-order valence-corrected chi connectivity index (χ4v) is 2.58. The number of ether oxygens (including phenoxy) is 1. The summed E-state index contributed by atoms with van der Waals surface area (Å²) in [6, 6.07) is 8.39. The van der Waals surface area contributed by atoms with Crippen LogP contribution in [0.5, 0.6) is 5.75 Å². The monoisotopic (exact) mass is 248 g/mol. The summed E-state index contributed by atoms with van der Waals surface area (Å²) in [6.07, 6.45) is 2.34. The van der Waals surface area contributed by atoms with Crippen molar-refractivity contribution in [2.75, 3.05) is 31.6 Å². The van der Waals surface area contributed by atoms with Crippen molar-refractivity contribution in [1.29, 1.82) is 0 Å². The molecule has 2 rings (SSSR count). The molecule has 0 atom stereocenters. The first-order valence-corrected chi connectivity index (χ1v) is 6.76. The molecule has 1 heterocycles. The molecule has 0 spiro atoms. The number of methoxy groups -OCH3 is 1. The third-order valence-electron chi connectivity index (χ3n) is 3.74. The van der Waals surface area contributed by atoms with Gasteiger partial charge in [0.05, 0.1) is 7.11 Å². The maximum atomic E-state index is 5.33. The van der Waals surface area contributed by atoms with Gasteiger partial charge in [-0.3, -0.25) is 0 Å². The van der Waals surface area contributed by atoms with Crippen LogP contribution in [0.1, 0.15) is 26.7 Å². The third kappa shape index (κ3) is 2.96. The molecule has 1 aromatic carbocycles. The third-order valence-corrected chi connectivity index (χ3v) is 3.74. The Balaban J connectivity index is 2.26. The number of hydrogen-bond donors (Lipinski definition) is 1. The SMILES string of the molecule is COc1cccc(N2CCCNCCC2(C)C)c1. The summed E-state index contributed by atoms with van der Waals surface area (Å²) in [7, 11) is 1.72. The van der Waals surface area contributed by atoms with Crippen LogP contribution < -0.4 is 15.0 Å². The van der Waals surface area contributed by atoms with Gasteiger partial charge in [-0.25, -0.2) is 0 Å². The largest absolute Gasteiger partial charge is 0.497 e. The van der Waals surface area contributed by atoms with E-state index in [4.69, 9.17) is 4.74 Å². The van der Waals surface area contributed by atoms with E-state index >= 15 is 0 Å². The van der Waals surface area contributed by atoms with Crippen molar-refractivity contribution in [3.05, 3.63) is 24.3 Å². The Bertz CT molecular complexity index is 390. The van der Waals surface area contributed by atoms with Gasteiger partial charge < -0.3 is 15.0 Å². The summed E-state index contributed by atoms with van der Waals surface area (Å²) in [4.78, 5) is 2.51. The summed E-state index contributed by atoms with van der Waals surface area (Å²) in [6.45, 7) is 7.93. The topological polar surface area (TPSA) is 24.5 Å². The summed E-state index contributed by atoms with van der Waals surface area (Å²) >= 11 is 0. The number of benzene rings is 1. The molecular weight excluding hydrogens is 224 g/mol. The summed E-state index contributed by atoms with van der Waals surface area (Å²) in [5, 5.41) is 3.49. The number of hydrogen-bond acceptors (Lipinski definition) is 3. The van der Waals surface area contributed by atoms with Crippen molar-refractivity contribution in [3.63, 3.8) is 0 Å². The zero-order valence-corrected chi connectivity index (χ0v) is 11.7. The van der Waals surface area contributed by atoms with Gasteiger partial charge in [-0.05, 0) is 51.9 Å². The van der Waals surface area contributed by atoms with Crippen LogP contribution in [0.25, 0.3) is 0 Å². The van der Waals surface area contributed by atoms with Gasteiger partial charge in [0.15, 0.2) is 0 Å². The first-order chi connectivity index (χ1) is 8.63. The quantitative estimate of drug-likeness (QED) is 0.871. The van der Waals surface area contributed by atoms with Gasteiger partial charge in [0.2, 0.25) is 0 Å². The molecule has 0 aromatic heterocycles. The lowest BCUT2D eigenvalue weighted by Crippen LogP contribution is -2.48. The molecule has 0 radical (unpaired) electrons. The molecule has 1 N–H and O–H groups in total. The minimum atomic E-state index is 0.180.